The molecule has 3 heteroatoms. The monoisotopic (exact) mass is 221 g/mol. The van der Waals surface area contributed by atoms with Crippen LogP contribution in [0.4, 0.5) is 5.69 Å². The number of fused-ring (bicyclic) bond motifs is 1. The van der Waals surface area contributed by atoms with Crippen LogP contribution in [0.5, 0.6) is 5.75 Å². The molecular formula is C13H19NO2. The number of hydrogen-bond acceptors (Lipinski definition) is 3. The smallest absolute Gasteiger partial charge is 0.124 e. The summed E-state index contributed by atoms with van der Waals surface area (Å²) < 4.78 is 11.0. The highest BCUT2D eigenvalue weighted by atomic mass is 16.5. The molecule has 3 nitrogen and oxygen atoms in total. The molecular weight excluding hydrogens is 202 g/mol. The van der Waals surface area contributed by atoms with Gasteiger partial charge in [0.1, 0.15) is 12.4 Å². The molecule has 0 amide bonds. The first-order chi connectivity index (χ1) is 7.92. The van der Waals surface area contributed by atoms with Crippen LogP contribution in [0, 0.1) is 0 Å². The SMILES string of the molecule is CCOCCOc1cccc2c1CCCN2. The van der Waals surface area contributed by atoms with Crippen LogP contribution < -0.4 is 10.1 Å². The van der Waals surface area contributed by atoms with Crippen molar-refractivity contribution in [3.63, 3.8) is 0 Å². The summed E-state index contributed by atoms with van der Waals surface area (Å²) in [6.45, 7) is 5.10. The summed E-state index contributed by atoms with van der Waals surface area (Å²) in [5.41, 5.74) is 2.53. The molecule has 0 saturated heterocycles. The van der Waals surface area contributed by atoms with E-state index in [0.717, 1.165) is 25.3 Å². The second-order valence-corrected chi connectivity index (χ2v) is 3.86. The molecule has 1 aliphatic heterocycles. The van der Waals surface area contributed by atoms with Crippen LogP contribution in [0.15, 0.2) is 18.2 Å². The number of benzene rings is 1. The Hall–Kier alpha value is -1.22. The van der Waals surface area contributed by atoms with Crippen molar-refractivity contribution in [2.75, 3.05) is 31.7 Å². The van der Waals surface area contributed by atoms with Crippen LogP contribution >= 0.6 is 0 Å². The number of hydrogen-bond donors (Lipinski definition) is 1. The Morgan fingerprint density at radius 3 is 3.12 bits per heavy atom. The molecule has 0 atom stereocenters. The zero-order chi connectivity index (χ0) is 11.2. The lowest BCUT2D eigenvalue weighted by Gasteiger charge is -2.20. The predicted octanol–water partition coefficient (Wildman–Crippen LogP) is 2.46. The fourth-order valence-corrected chi connectivity index (χ4v) is 1.97. The quantitative estimate of drug-likeness (QED) is 0.775. The van der Waals surface area contributed by atoms with Crippen molar-refractivity contribution in [1.29, 1.82) is 0 Å². The van der Waals surface area contributed by atoms with E-state index in [9.17, 15) is 0 Å². The fourth-order valence-electron chi connectivity index (χ4n) is 1.97. The Balaban J connectivity index is 1.97. The van der Waals surface area contributed by atoms with Crippen LogP contribution in [0.3, 0.4) is 0 Å². The highest BCUT2D eigenvalue weighted by molar-refractivity contribution is 5.58. The van der Waals surface area contributed by atoms with Crippen LogP contribution in [-0.4, -0.2) is 26.4 Å². The third-order valence-electron chi connectivity index (χ3n) is 2.74. The normalized spacial score (nSPS) is 14.1. The molecule has 0 bridgehead atoms. The van der Waals surface area contributed by atoms with Crippen molar-refractivity contribution < 1.29 is 9.47 Å². The van der Waals surface area contributed by atoms with Gasteiger partial charge < -0.3 is 14.8 Å². The van der Waals surface area contributed by atoms with E-state index in [1.165, 1.54) is 17.7 Å². The van der Waals surface area contributed by atoms with Gasteiger partial charge in [-0.15, -0.1) is 0 Å². The average Bonchev–Trinajstić information content (AvgIpc) is 2.35. The van der Waals surface area contributed by atoms with Crippen molar-refractivity contribution in [3.8, 4) is 5.75 Å². The molecule has 1 N–H and O–H groups in total. The summed E-state index contributed by atoms with van der Waals surface area (Å²) in [5, 5.41) is 3.39. The summed E-state index contributed by atoms with van der Waals surface area (Å²) in [6, 6.07) is 6.19. The molecule has 88 valence electrons. The Labute approximate surface area is 96.8 Å². The molecule has 0 fully saturated rings. The Bertz CT molecular complexity index is 339. The van der Waals surface area contributed by atoms with Gasteiger partial charge in [0.25, 0.3) is 0 Å². The van der Waals surface area contributed by atoms with E-state index in [1.54, 1.807) is 0 Å². The van der Waals surface area contributed by atoms with Gasteiger partial charge >= 0.3 is 0 Å². The standard InChI is InChI=1S/C13H19NO2/c1-2-15-9-10-16-13-7-3-6-12-11(13)5-4-8-14-12/h3,6-7,14H,2,4-5,8-10H2,1H3. The van der Waals surface area contributed by atoms with Crippen molar-refractivity contribution in [2.45, 2.75) is 19.8 Å². The molecule has 1 aliphatic rings. The summed E-state index contributed by atoms with van der Waals surface area (Å²) in [4.78, 5) is 0. The maximum atomic E-state index is 5.74. The molecule has 1 heterocycles. The maximum Gasteiger partial charge on any atom is 0.124 e. The van der Waals surface area contributed by atoms with E-state index in [4.69, 9.17) is 9.47 Å². The first-order valence-electron chi connectivity index (χ1n) is 5.98. The Kier molecular flexibility index (Phi) is 4.05. The average molecular weight is 221 g/mol. The van der Waals surface area contributed by atoms with Gasteiger partial charge in [-0.1, -0.05) is 6.07 Å². The van der Waals surface area contributed by atoms with Crippen molar-refractivity contribution >= 4 is 5.69 Å². The molecule has 0 aromatic heterocycles. The van der Waals surface area contributed by atoms with Gasteiger partial charge in [0.15, 0.2) is 0 Å². The lowest BCUT2D eigenvalue weighted by atomic mass is 10.0. The topological polar surface area (TPSA) is 30.5 Å². The Morgan fingerprint density at radius 1 is 1.31 bits per heavy atom. The van der Waals surface area contributed by atoms with Crippen LogP contribution in [0.1, 0.15) is 18.9 Å². The minimum Gasteiger partial charge on any atom is -0.491 e. The molecule has 0 unspecified atom stereocenters. The van der Waals surface area contributed by atoms with Crippen molar-refractivity contribution in [3.05, 3.63) is 23.8 Å². The molecule has 1 aromatic rings. The van der Waals surface area contributed by atoms with Crippen molar-refractivity contribution in [1.82, 2.24) is 0 Å². The maximum absolute atomic E-state index is 5.74. The van der Waals surface area contributed by atoms with E-state index in [0.29, 0.717) is 13.2 Å². The van der Waals surface area contributed by atoms with Crippen LogP contribution in [0.2, 0.25) is 0 Å². The summed E-state index contributed by atoms with van der Waals surface area (Å²) >= 11 is 0. The Morgan fingerprint density at radius 2 is 2.25 bits per heavy atom. The molecule has 0 saturated carbocycles. The molecule has 0 aliphatic carbocycles. The summed E-state index contributed by atoms with van der Waals surface area (Å²) in [6.07, 6.45) is 2.28. The summed E-state index contributed by atoms with van der Waals surface area (Å²) in [7, 11) is 0. The first kappa shape index (κ1) is 11.3. The molecule has 0 radical (unpaired) electrons. The number of anilines is 1. The number of nitrogens with one attached hydrogen (secondary N) is 1. The van der Waals surface area contributed by atoms with Crippen LogP contribution in [-0.2, 0) is 11.2 Å². The van der Waals surface area contributed by atoms with E-state index in [2.05, 4.69) is 11.4 Å². The molecule has 16 heavy (non-hydrogen) atoms. The van der Waals surface area contributed by atoms with E-state index in [-0.39, 0.29) is 0 Å². The minimum atomic E-state index is 0.629. The van der Waals surface area contributed by atoms with Gasteiger partial charge in [0, 0.05) is 24.4 Å². The van der Waals surface area contributed by atoms with Gasteiger partial charge in [-0.3, -0.25) is 0 Å². The zero-order valence-electron chi connectivity index (χ0n) is 9.79. The van der Waals surface area contributed by atoms with Gasteiger partial charge in [-0.2, -0.15) is 0 Å². The van der Waals surface area contributed by atoms with Gasteiger partial charge in [-0.05, 0) is 31.9 Å². The third kappa shape index (κ3) is 2.67. The highest BCUT2D eigenvalue weighted by Crippen LogP contribution is 2.30. The first-order valence-corrected chi connectivity index (χ1v) is 5.98. The number of ether oxygens (including phenoxy) is 2. The minimum absolute atomic E-state index is 0.629. The van der Waals surface area contributed by atoms with Gasteiger partial charge in [0.2, 0.25) is 0 Å². The molecule has 1 aromatic carbocycles. The largest absolute Gasteiger partial charge is 0.491 e. The zero-order valence-corrected chi connectivity index (χ0v) is 9.79. The lowest BCUT2D eigenvalue weighted by molar-refractivity contribution is 0.110. The molecule has 0 spiro atoms. The second kappa shape index (κ2) is 5.75. The summed E-state index contributed by atoms with van der Waals surface area (Å²) in [5.74, 6) is 1.00. The van der Waals surface area contributed by atoms with Gasteiger partial charge in [-0.25, -0.2) is 0 Å². The fraction of sp³-hybridized carbons (Fsp3) is 0.538. The van der Waals surface area contributed by atoms with E-state index in [1.807, 2.05) is 19.1 Å². The van der Waals surface area contributed by atoms with Gasteiger partial charge in [0.05, 0.1) is 6.61 Å². The lowest BCUT2D eigenvalue weighted by Crippen LogP contribution is -2.14. The van der Waals surface area contributed by atoms with Crippen LogP contribution in [0.25, 0.3) is 0 Å². The van der Waals surface area contributed by atoms with E-state index >= 15 is 0 Å². The highest BCUT2D eigenvalue weighted by Gasteiger charge is 2.12. The second-order valence-electron chi connectivity index (χ2n) is 3.86. The predicted molar refractivity (Wildman–Crippen MR) is 65.2 cm³/mol. The third-order valence-corrected chi connectivity index (χ3v) is 2.74. The molecule has 2 rings (SSSR count). The van der Waals surface area contributed by atoms with E-state index < -0.39 is 0 Å². The van der Waals surface area contributed by atoms with Crippen molar-refractivity contribution in [2.24, 2.45) is 0 Å². The number of rotatable bonds is 5.